The van der Waals surface area contributed by atoms with Crippen LogP contribution in [0.15, 0.2) is 24.3 Å². The van der Waals surface area contributed by atoms with Crippen molar-refractivity contribution in [3.63, 3.8) is 0 Å². The minimum absolute atomic E-state index is 0.167. The van der Waals surface area contributed by atoms with Crippen LogP contribution in [0.1, 0.15) is 18.1 Å². The SMILES string of the molecule is CC(O)(CNN)c1ccccc1C(F)(F)F. The lowest BCUT2D eigenvalue weighted by atomic mass is 9.91. The summed E-state index contributed by atoms with van der Waals surface area (Å²) < 4.78 is 38.0. The second-order valence-electron chi connectivity index (χ2n) is 3.70. The van der Waals surface area contributed by atoms with Gasteiger partial charge < -0.3 is 5.11 Å². The zero-order chi connectivity index (χ0) is 12.4. The Bertz CT molecular complexity index is 363. The lowest BCUT2D eigenvalue weighted by Crippen LogP contribution is -2.40. The molecule has 0 aromatic heterocycles. The Kier molecular flexibility index (Phi) is 3.57. The van der Waals surface area contributed by atoms with Crippen LogP contribution < -0.4 is 11.3 Å². The maximum atomic E-state index is 12.7. The van der Waals surface area contributed by atoms with Crippen LogP contribution in [0.2, 0.25) is 0 Å². The maximum Gasteiger partial charge on any atom is 0.416 e. The van der Waals surface area contributed by atoms with Crippen molar-refractivity contribution >= 4 is 0 Å². The van der Waals surface area contributed by atoms with Gasteiger partial charge in [0.25, 0.3) is 0 Å². The molecule has 0 fully saturated rings. The average Bonchev–Trinajstić information content (AvgIpc) is 2.16. The highest BCUT2D eigenvalue weighted by Gasteiger charge is 2.38. The maximum absolute atomic E-state index is 12.7. The molecule has 1 unspecified atom stereocenters. The minimum Gasteiger partial charge on any atom is -0.384 e. The second-order valence-corrected chi connectivity index (χ2v) is 3.70. The highest BCUT2D eigenvalue weighted by molar-refractivity contribution is 5.34. The Morgan fingerprint density at radius 1 is 1.25 bits per heavy atom. The van der Waals surface area contributed by atoms with Crippen LogP contribution in [0, 0.1) is 0 Å². The van der Waals surface area contributed by atoms with E-state index in [2.05, 4.69) is 5.43 Å². The number of alkyl halides is 3. The molecule has 1 aromatic rings. The molecule has 0 amide bonds. The minimum atomic E-state index is -4.49. The van der Waals surface area contributed by atoms with Crippen molar-refractivity contribution in [2.75, 3.05) is 6.54 Å². The zero-order valence-corrected chi connectivity index (χ0v) is 8.67. The van der Waals surface area contributed by atoms with E-state index in [0.29, 0.717) is 0 Å². The molecule has 0 aliphatic rings. The van der Waals surface area contributed by atoms with Crippen LogP contribution >= 0.6 is 0 Å². The predicted octanol–water partition coefficient (Wildman–Crippen LogP) is 1.38. The zero-order valence-electron chi connectivity index (χ0n) is 8.67. The number of hydrazine groups is 1. The van der Waals surface area contributed by atoms with Crippen LogP contribution in [0.5, 0.6) is 0 Å². The van der Waals surface area contributed by atoms with E-state index in [0.717, 1.165) is 6.07 Å². The van der Waals surface area contributed by atoms with Crippen LogP contribution in [0.25, 0.3) is 0 Å². The Balaban J connectivity index is 3.23. The number of hydrogen-bond donors (Lipinski definition) is 3. The number of nitrogens with one attached hydrogen (secondary N) is 1. The monoisotopic (exact) mass is 234 g/mol. The van der Waals surface area contributed by atoms with Gasteiger partial charge in [-0.3, -0.25) is 11.3 Å². The third-order valence-electron chi connectivity index (χ3n) is 2.26. The van der Waals surface area contributed by atoms with E-state index in [1.165, 1.54) is 25.1 Å². The first-order valence-corrected chi connectivity index (χ1v) is 4.61. The van der Waals surface area contributed by atoms with E-state index in [-0.39, 0.29) is 12.1 Å². The van der Waals surface area contributed by atoms with Crippen LogP contribution in [-0.4, -0.2) is 11.7 Å². The molecule has 0 aliphatic carbocycles. The van der Waals surface area contributed by atoms with Crippen molar-refractivity contribution in [3.8, 4) is 0 Å². The molecule has 0 spiro atoms. The van der Waals surface area contributed by atoms with E-state index in [1.807, 2.05) is 0 Å². The highest BCUT2D eigenvalue weighted by atomic mass is 19.4. The normalized spacial score (nSPS) is 15.9. The van der Waals surface area contributed by atoms with Gasteiger partial charge in [-0.2, -0.15) is 13.2 Å². The number of hydrogen-bond acceptors (Lipinski definition) is 3. The molecule has 4 N–H and O–H groups in total. The van der Waals surface area contributed by atoms with E-state index >= 15 is 0 Å². The summed E-state index contributed by atoms with van der Waals surface area (Å²) >= 11 is 0. The first kappa shape index (κ1) is 13.0. The van der Waals surface area contributed by atoms with Crippen LogP contribution in [-0.2, 0) is 11.8 Å². The molecular weight excluding hydrogens is 221 g/mol. The molecule has 0 saturated carbocycles. The molecular formula is C10H13F3N2O. The third-order valence-corrected chi connectivity index (χ3v) is 2.26. The topological polar surface area (TPSA) is 58.3 Å². The molecule has 1 aromatic carbocycles. The molecule has 0 bridgehead atoms. The fourth-order valence-corrected chi connectivity index (χ4v) is 1.49. The summed E-state index contributed by atoms with van der Waals surface area (Å²) in [7, 11) is 0. The van der Waals surface area contributed by atoms with Gasteiger partial charge in [-0.25, -0.2) is 0 Å². The first-order chi connectivity index (χ1) is 7.29. The van der Waals surface area contributed by atoms with Crippen molar-refractivity contribution < 1.29 is 18.3 Å². The molecule has 0 heterocycles. The first-order valence-electron chi connectivity index (χ1n) is 4.61. The third kappa shape index (κ3) is 2.72. The lowest BCUT2D eigenvalue weighted by Gasteiger charge is -2.26. The summed E-state index contributed by atoms with van der Waals surface area (Å²) in [6, 6.07) is 4.88. The molecule has 90 valence electrons. The summed E-state index contributed by atoms with van der Waals surface area (Å²) in [5.41, 5.74) is -0.544. The van der Waals surface area contributed by atoms with Crippen molar-refractivity contribution in [3.05, 3.63) is 35.4 Å². The Morgan fingerprint density at radius 2 is 1.75 bits per heavy atom. The van der Waals surface area contributed by atoms with Crippen LogP contribution in [0.3, 0.4) is 0 Å². The van der Waals surface area contributed by atoms with E-state index in [9.17, 15) is 18.3 Å². The second kappa shape index (κ2) is 4.40. The molecule has 3 nitrogen and oxygen atoms in total. The Labute approximate surface area is 91.0 Å². The summed E-state index contributed by atoms with van der Waals surface area (Å²) in [6.07, 6.45) is -4.49. The molecule has 6 heteroatoms. The summed E-state index contributed by atoms with van der Waals surface area (Å²) in [5.74, 6) is 5.02. The predicted molar refractivity (Wildman–Crippen MR) is 53.2 cm³/mol. The Morgan fingerprint density at radius 3 is 2.19 bits per heavy atom. The van der Waals surface area contributed by atoms with Gasteiger partial charge in [0.2, 0.25) is 0 Å². The molecule has 0 saturated heterocycles. The summed E-state index contributed by atoms with van der Waals surface area (Å²) in [6.45, 7) is 1.11. The molecule has 0 radical (unpaired) electrons. The van der Waals surface area contributed by atoms with Gasteiger partial charge in [0.05, 0.1) is 5.56 Å². The van der Waals surface area contributed by atoms with Gasteiger partial charge >= 0.3 is 6.18 Å². The Hall–Kier alpha value is -1.11. The van der Waals surface area contributed by atoms with Gasteiger partial charge in [-0.05, 0) is 18.6 Å². The molecule has 1 rings (SSSR count). The van der Waals surface area contributed by atoms with Gasteiger partial charge in [0.1, 0.15) is 5.60 Å². The van der Waals surface area contributed by atoms with Crippen molar-refractivity contribution in [1.29, 1.82) is 0 Å². The highest BCUT2D eigenvalue weighted by Crippen LogP contribution is 2.36. The van der Waals surface area contributed by atoms with Crippen molar-refractivity contribution in [2.24, 2.45) is 5.84 Å². The van der Waals surface area contributed by atoms with Gasteiger partial charge in [0, 0.05) is 6.54 Å². The lowest BCUT2D eigenvalue weighted by molar-refractivity contribution is -0.140. The van der Waals surface area contributed by atoms with Crippen molar-refractivity contribution in [1.82, 2.24) is 5.43 Å². The van der Waals surface area contributed by atoms with Crippen molar-refractivity contribution in [2.45, 2.75) is 18.7 Å². The smallest absolute Gasteiger partial charge is 0.384 e. The molecule has 0 aliphatic heterocycles. The summed E-state index contributed by atoms with van der Waals surface area (Å²) in [5, 5.41) is 9.89. The quantitative estimate of drug-likeness (QED) is 0.547. The fourth-order valence-electron chi connectivity index (χ4n) is 1.49. The summed E-state index contributed by atoms with van der Waals surface area (Å²) in [4.78, 5) is 0. The van der Waals surface area contributed by atoms with E-state index in [4.69, 9.17) is 5.84 Å². The van der Waals surface area contributed by atoms with Gasteiger partial charge in [-0.15, -0.1) is 0 Å². The number of rotatable bonds is 3. The van der Waals surface area contributed by atoms with Gasteiger partial charge in [-0.1, -0.05) is 18.2 Å². The van der Waals surface area contributed by atoms with E-state index in [1.54, 1.807) is 0 Å². The number of nitrogens with two attached hydrogens (primary N) is 1. The number of aliphatic hydroxyl groups is 1. The fraction of sp³-hybridized carbons (Fsp3) is 0.400. The molecule has 1 atom stereocenters. The molecule has 16 heavy (non-hydrogen) atoms. The largest absolute Gasteiger partial charge is 0.416 e. The average molecular weight is 234 g/mol. The number of halogens is 3. The number of benzene rings is 1. The van der Waals surface area contributed by atoms with Gasteiger partial charge in [0.15, 0.2) is 0 Å². The van der Waals surface area contributed by atoms with Crippen LogP contribution in [0.4, 0.5) is 13.2 Å². The van der Waals surface area contributed by atoms with E-state index < -0.39 is 17.3 Å². The standard InChI is InChI=1S/C10H13F3N2O/c1-9(16,6-15-14)7-4-2-3-5-8(7)10(11,12)13/h2-5,15-16H,6,14H2,1H3.